The van der Waals surface area contributed by atoms with E-state index >= 15 is 0 Å². The maximum absolute atomic E-state index is 8.72. The number of hydrogen-bond donors (Lipinski definition) is 0. The molecule has 0 saturated heterocycles. The molecule has 4 heteroatoms. The Morgan fingerprint density at radius 3 is 2.65 bits per heavy atom. The highest BCUT2D eigenvalue weighted by Crippen LogP contribution is 2.30. The lowest BCUT2D eigenvalue weighted by Gasteiger charge is -2.07. The highest BCUT2D eigenvalue weighted by atomic mass is 79.9. The standard InChI is InChI=1S/C13H7BrClNO/c14-10-2-1-3-11(7-10)17-13-5-4-9(8-16)6-12(13)15/h1-7H. The Morgan fingerprint density at radius 2 is 2.00 bits per heavy atom. The van der Waals surface area contributed by atoms with E-state index in [-0.39, 0.29) is 0 Å². The van der Waals surface area contributed by atoms with Crippen LogP contribution in [0.5, 0.6) is 11.5 Å². The van der Waals surface area contributed by atoms with Gasteiger partial charge < -0.3 is 4.74 Å². The summed E-state index contributed by atoms with van der Waals surface area (Å²) >= 11 is 9.37. The number of benzene rings is 2. The number of nitriles is 1. The lowest BCUT2D eigenvalue weighted by atomic mass is 10.2. The molecule has 0 aliphatic heterocycles. The van der Waals surface area contributed by atoms with E-state index in [2.05, 4.69) is 15.9 Å². The second-order valence-corrected chi connectivity index (χ2v) is 4.64. The van der Waals surface area contributed by atoms with Gasteiger partial charge in [-0.05, 0) is 36.4 Å². The van der Waals surface area contributed by atoms with Crippen molar-refractivity contribution in [1.29, 1.82) is 5.26 Å². The summed E-state index contributed by atoms with van der Waals surface area (Å²) < 4.78 is 6.55. The van der Waals surface area contributed by atoms with Crippen molar-refractivity contribution in [1.82, 2.24) is 0 Å². The van der Waals surface area contributed by atoms with Crippen LogP contribution in [0.15, 0.2) is 46.9 Å². The fourth-order valence-corrected chi connectivity index (χ4v) is 1.91. The van der Waals surface area contributed by atoms with Gasteiger partial charge in [0.25, 0.3) is 0 Å². The van der Waals surface area contributed by atoms with Crippen LogP contribution in [0.1, 0.15) is 5.56 Å². The van der Waals surface area contributed by atoms with Gasteiger partial charge in [-0.25, -0.2) is 0 Å². The third-order valence-electron chi connectivity index (χ3n) is 2.08. The lowest BCUT2D eigenvalue weighted by molar-refractivity contribution is 0.482. The maximum atomic E-state index is 8.72. The molecule has 17 heavy (non-hydrogen) atoms. The number of halogens is 2. The van der Waals surface area contributed by atoms with E-state index in [1.807, 2.05) is 30.3 Å². The molecule has 0 aliphatic rings. The van der Waals surface area contributed by atoms with Crippen molar-refractivity contribution in [3.63, 3.8) is 0 Å². The molecule has 0 amide bonds. The average molecular weight is 309 g/mol. The molecule has 0 spiro atoms. The Balaban J connectivity index is 2.28. The first-order chi connectivity index (χ1) is 8.19. The van der Waals surface area contributed by atoms with Crippen LogP contribution >= 0.6 is 27.5 Å². The van der Waals surface area contributed by atoms with E-state index in [1.54, 1.807) is 18.2 Å². The molecular weight excluding hydrogens is 302 g/mol. The summed E-state index contributed by atoms with van der Waals surface area (Å²) in [4.78, 5) is 0. The highest BCUT2D eigenvalue weighted by Gasteiger charge is 2.04. The highest BCUT2D eigenvalue weighted by molar-refractivity contribution is 9.10. The van der Waals surface area contributed by atoms with Crippen LogP contribution in [0.3, 0.4) is 0 Å². The van der Waals surface area contributed by atoms with Crippen LogP contribution in [-0.4, -0.2) is 0 Å². The normalized spacial score (nSPS) is 9.71. The van der Waals surface area contributed by atoms with Crippen LogP contribution in [0.2, 0.25) is 5.02 Å². The predicted octanol–water partition coefficient (Wildman–Crippen LogP) is 4.77. The fraction of sp³-hybridized carbons (Fsp3) is 0. The van der Waals surface area contributed by atoms with E-state index in [1.165, 1.54) is 0 Å². The quantitative estimate of drug-likeness (QED) is 0.801. The minimum atomic E-state index is 0.420. The Hall–Kier alpha value is -1.50. The van der Waals surface area contributed by atoms with Crippen molar-refractivity contribution in [2.75, 3.05) is 0 Å². The van der Waals surface area contributed by atoms with Gasteiger partial charge in [-0.2, -0.15) is 5.26 Å². The van der Waals surface area contributed by atoms with E-state index in [0.717, 1.165) is 4.47 Å². The smallest absolute Gasteiger partial charge is 0.146 e. The molecule has 0 unspecified atom stereocenters. The van der Waals surface area contributed by atoms with Crippen LogP contribution in [0, 0.1) is 11.3 Å². The molecule has 2 aromatic rings. The zero-order chi connectivity index (χ0) is 12.3. The summed E-state index contributed by atoms with van der Waals surface area (Å²) in [6.45, 7) is 0. The van der Waals surface area contributed by atoms with Crippen molar-refractivity contribution in [3.8, 4) is 17.6 Å². The van der Waals surface area contributed by atoms with Crippen LogP contribution in [0.4, 0.5) is 0 Å². The third-order valence-corrected chi connectivity index (χ3v) is 2.87. The Bertz CT molecular complexity index is 592. The molecule has 0 radical (unpaired) electrons. The second-order valence-electron chi connectivity index (χ2n) is 3.32. The number of rotatable bonds is 2. The van der Waals surface area contributed by atoms with Crippen molar-refractivity contribution >= 4 is 27.5 Å². The molecule has 2 aromatic carbocycles. The number of ether oxygens (including phenoxy) is 1. The van der Waals surface area contributed by atoms with Crippen molar-refractivity contribution in [2.24, 2.45) is 0 Å². The lowest BCUT2D eigenvalue weighted by Crippen LogP contribution is -1.86. The van der Waals surface area contributed by atoms with Gasteiger partial charge >= 0.3 is 0 Å². The van der Waals surface area contributed by atoms with Gasteiger partial charge in [0.1, 0.15) is 11.5 Å². The van der Waals surface area contributed by atoms with Gasteiger partial charge in [0.2, 0.25) is 0 Å². The molecule has 0 aromatic heterocycles. The average Bonchev–Trinajstić information content (AvgIpc) is 2.32. The molecule has 84 valence electrons. The molecule has 0 fully saturated rings. The molecule has 0 saturated carbocycles. The third kappa shape index (κ3) is 3.00. The molecule has 0 aliphatic carbocycles. The maximum Gasteiger partial charge on any atom is 0.146 e. The Labute approximate surface area is 113 Å². The van der Waals surface area contributed by atoms with Crippen LogP contribution in [0.25, 0.3) is 0 Å². The molecule has 0 N–H and O–H groups in total. The first-order valence-corrected chi connectivity index (χ1v) is 5.99. The zero-order valence-electron chi connectivity index (χ0n) is 8.65. The predicted molar refractivity (Wildman–Crippen MR) is 70.4 cm³/mol. The number of hydrogen-bond acceptors (Lipinski definition) is 2. The Kier molecular flexibility index (Phi) is 3.68. The van der Waals surface area contributed by atoms with Gasteiger partial charge in [0, 0.05) is 4.47 Å². The summed E-state index contributed by atoms with van der Waals surface area (Å²) in [5.41, 5.74) is 0.511. The first-order valence-electron chi connectivity index (χ1n) is 4.82. The number of nitrogens with zero attached hydrogens (tertiary/aromatic N) is 1. The molecule has 2 nitrogen and oxygen atoms in total. The van der Waals surface area contributed by atoms with Crippen molar-refractivity contribution in [3.05, 3.63) is 57.5 Å². The Morgan fingerprint density at radius 1 is 1.18 bits per heavy atom. The zero-order valence-corrected chi connectivity index (χ0v) is 11.0. The van der Waals surface area contributed by atoms with Gasteiger partial charge in [-0.3, -0.25) is 0 Å². The largest absolute Gasteiger partial charge is 0.456 e. The molecule has 0 bridgehead atoms. The molecule has 2 rings (SSSR count). The van der Waals surface area contributed by atoms with Crippen molar-refractivity contribution in [2.45, 2.75) is 0 Å². The van der Waals surface area contributed by atoms with E-state index in [4.69, 9.17) is 21.6 Å². The van der Waals surface area contributed by atoms with E-state index < -0.39 is 0 Å². The molecular formula is C13H7BrClNO. The van der Waals surface area contributed by atoms with E-state index in [9.17, 15) is 0 Å². The summed E-state index contributed by atoms with van der Waals surface area (Å²) in [5, 5.41) is 9.14. The molecule has 0 atom stereocenters. The SMILES string of the molecule is N#Cc1ccc(Oc2cccc(Br)c2)c(Cl)c1. The summed E-state index contributed by atoms with van der Waals surface area (Å²) in [6, 6.07) is 14.4. The van der Waals surface area contributed by atoms with Gasteiger partial charge in [-0.15, -0.1) is 0 Å². The van der Waals surface area contributed by atoms with Crippen LogP contribution in [-0.2, 0) is 0 Å². The monoisotopic (exact) mass is 307 g/mol. The van der Waals surface area contributed by atoms with E-state index in [0.29, 0.717) is 22.1 Å². The summed E-state index contributed by atoms with van der Waals surface area (Å²) in [5.74, 6) is 1.22. The summed E-state index contributed by atoms with van der Waals surface area (Å²) in [7, 11) is 0. The summed E-state index contributed by atoms with van der Waals surface area (Å²) in [6.07, 6.45) is 0. The minimum Gasteiger partial charge on any atom is -0.456 e. The fourth-order valence-electron chi connectivity index (χ4n) is 1.31. The van der Waals surface area contributed by atoms with Crippen LogP contribution < -0.4 is 4.74 Å². The van der Waals surface area contributed by atoms with Crippen molar-refractivity contribution < 1.29 is 4.74 Å². The van der Waals surface area contributed by atoms with Gasteiger partial charge in [0.05, 0.1) is 16.7 Å². The second kappa shape index (κ2) is 5.22. The van der Waals surface area contributed by atoms with Gasteiger partial charge in [-0.1, -0.05) is 33.6 Å². The minimum absolute atomic E-state index is 0.420. The first kappa shape index (κ1) is 12.0. The van der Waals surface area contributed by atoms with Gasteiger partial charge in [0.15, 0.2) is 0 Å². The molecule has 0 heterocycles. The topological polar surface area (TPSA) is 33.0 Å².